The van der Waals surface area contributed by atoms with Crippen LogP contribution in [0, 0.1) is 0 Å². The van der Waals surface area contributed by atoms with E-state index in [4.69, 9.17) is 0 Å². The van der Waals surface area contributed by atoms with E-state index in [9.17, 15) is 0 Å². The molecule has 0 saturated heterocycles. The largest absolute Gasteiger partial charge is 0.388 e. The topological polar surface area (TPSA) is 18.5 Å². The minimum atomic E-state index is 1.07. The molecule has 1 aromatic rings. The lowest BCUT2D eigenvalue weighted by Crippen LogP contribution is -2.21. The average molecular weight is 236 g/mol. The van der Waals surface area contributed by atoms with Crippen LogP contribution in [-0.2, 0) is 9.47 Å². The van der Waals surface area contributed by atoms with Crippen molar-refractivity contribution in [2.24, 2.45) is 0 Å². The molecule has 0 heterocycles. The van der Waals surface area contributed by atoms with Gasteiger partial charge in [-0.1, -0.05) is 49.1 Å². The molecule has 0 aromatic heterocycles. The molecule has 0 aliphatic rings. The third kappa shape index (κ3) is 12.6. The zero-order valence-corrected chi connectivity index (χ0v) is 11.6. The fraction of sp³-hybridized carbons (Fsp3) is 0.333. The number of allylic oxidation sites excluding steroid dienone is 2. The smallest absolute Gasteiger partial charge is 0.0351 e. The first-order valence-electron chi connectivity index (χ1n) is 5.35. The van der Waals surface area contributed by atoms with Crippen molar-refractivity contribution >= 4 is 12.7 Å². The van der Waals surface area contributed by atoms with E-state index in [1.807, 2.05) is 37.3 Å². The summed E-state index contributed by atoms with van der Waals surface area (Å²) < 4.78 is 8.50. The van der Waals surface area contributed by atoms with Gasteiger partial charge in [-0.05, 0) is 17.4 Å². The minimum absolute atomic E-state index is 1.07. The second kappa shape index (κ2) is 14.6. The van der Waals surface area contributed by atoms with E-state index in [2.05, 4.69) is 28.2 Å². The van der Waals surface area contributed by atoms with Gasteiger partial charge in [-0.15, -0.1) is 0 Å². The molecule has 2 nitrogen and oxygen atoms in total. The predicted molar refractivity (Wildman–Crippen MR) is 76.4 cm³/mol. The van der Waals surface area contributed by atoms with Gasteiger partial charge >= 0.3 is 0 Å². The van der Waals surface area contributed by atoms with Crippen molar-refractivity contribution in [2.45, 2.75) is 6.92 Å². The molecule has 2 heteroatoms. The monoisotopic (exact) mass is 236 g/mol. The maximum Gasteiger partial charge on any atom is 0.0351 e. The molecule has 0 atom stereocenters. The fourth-order valence-corrected chi connectivity index (χ4v) is 0.897. The molecule has 0 amide bonds. The van der Waals surface area contributed by atoms with Crippen LogP contribution in [0.1, 0.15) is 6.92 Å². The Morgan fingerprint density at radius 2 is 1.47 bits per heavy atom. The van der Waals surface area contributed by atoms with Crippen molar-refractivity contribution in [1.29, 1.82) is 0 Å². The second-order valence-corrected chi connectivity index (χ2v) is 3.21. The molecule has 1 aromatic carbocycles. The van der Waals surface area contributed by atoms with E-state index in [0.717, 1.165) is 5.22 Å². The number of hydrogen-bond donors (Lipinski definition) is 0. The molecular weight excluding hydrogens is 212 g/mol. The van der Waals surface area contributed by atoms with Crippen molar-refractivity contribution in [3.63, 3.8) is 0 Å². The Bertz CT molecular complexity index is 378. The van der Waals surface area contributed by atoms with E-state index >= 15 is 0 Å². The molecule has 0 bridgehead atoms. The predicted octanol–water partition coefficient (Wildman–Crippen LogP) is 1.98. The Hall–Kier alpha value is -1.38. The van der Waals surface area contributed by atoms with Gasteiger partial charge in [0.25, 0.3) is 0 Å². The lowest BCUT2D eigenvalue weighted by atomic mass is 10.2. The second-order valence-electron chi connectivity index (χ2n) is 3.21. The summed E-state index contributed by atoms with van der Waals surface area (Å²) in [5.74, 6) is 0. The molecular formula is C15H24O2. The van der Waals surface area contributed by atoms with Crippen LogP contribution in [0.3, 0.4) is 0 Å². The van der Waals surface area contributed by atoms with Crippen LogP contribution < -0.4 is 10.4 Å². The van der Waals surface area contributed by atoms with E-state index in [0.29, 0.717) is 0 Å². The lowest BCUT2D eigenvalue weighted by Gasteiger charge is -1.84. The Kier molecular flexibility index (Phi) is 15.5. The molecule has 0 saturated carbocycles. The van der Waals surface area contributed by atoms with E-state index in [-0.39, 0.29) is 0 Å². The summed E-state index contributed by atoms with van der Waals surface area (Å²) in [4.78, 5) is 0. The Morgan fingerprint density at radius 1 is 1.00 bits per heavy atom. The van der Waals surface area contributed by atoms with Crippen molar-refractivity contribution in [1.82, 2.24) is 0 Å². The van der Waals surface area contributed by atoms with Crippen LogP contribution in [-0.4, -0.2) is 28.4 Å². The van der Waals surface area contributed by atoms with Gasteiger partial charge in [-0.2, -0.15) is 0 Å². The molecule has 1 rings (SSSR count). The number of benzene rings is 1. The summed E-state index contributed by atoms with van der Waals surface area (Å²) in [6.07, 6.45) is 6.08. The molecule has 0 fully saturated rings. The Morgan fingerprint density at radius 3 is 1.88 bits per heavy atom. The van der Waals surface area contributed by atoms with E-state index in [1.54, 1.807) is 28.4 Å². The molecule has 0 N–H and O–H groups in total. The average Bonchev–Trinajstić information content (AvgIpc) is 2.30. The molecule has 0 spiro atoms. The van der Waals surface area contributed by atoms with Gasteiger partial charge in [0.1, 0.15) is 0 Å². The number of methoxy groups -OCH3 is 2. The van der Waals surface area contributed by atoms with Crippen molar-refractivity contribution in [3.8, 4) is 0 Å². The molecule has 0 aliphatic heterocycles. The zero-order valence-electron chi connectivity index (χ0n) is 11.6. The fourth-order valence-electron chi connectivity index (χ4n) is 0.897. The summed E-state index contributed by atoms with van der Waals surface area (Å²) in [5, 5.41) is 2.26. The number of hydrogen-bond acceptors (Lipinski definition) is 2. The molecule has 0 radical (unpaired) electrons. The summed E-state index contributed by atoms with van der Waals surface area (Å²) in [6, 6.07) is 8.08. The van der Waals surface area contributed by atoms with Gasteiger partial charge in [0, 0.05) is 28.4 Å². The maximum absolute atomic E-state index is 4.25. The summed E-state index contributed by atoms with van der Waals surface area (Å²) in [6.45, 7) is 5.91. The number of rotatable bonds is 1. The summed E-state index contributed by atoms with van der Waals surface area (Å²) >= 11 is 0. The quantitative estimate of drug-likeness (QED) is 0.742. The highest BCUT2D eigenvalue weighted by molar-refractivity contribution is 5.37. The highest BCUT2D eigenvalue weighted by Gasteiger charge is 1.76. The van der Waals surface area contributed by atoms with E-state index in [1.165, 1.54) is 5.22 Å². The van der Waals surface area contributed by atoms with Crippen LogP contribution >= 0.6 is 0 Å². The van der Waals surface area contributed by atoms with Crippen LogP contribution in [0.25, 0.3) is 12.7 Å². The van der Waals surface area contributed by atoms with Gasteiger partial charge in [0.15, 0.2) is 0 Å². The first kappa shape index (κ1) is 18.0. The first-order valence-corrected chi connectivity index (χ1v) is 5.35. The van der Waals surface area contributed by atoms with Crippen LogP contribution in [0.2, 0.25) is 0 Å². The van der Waals surface area contributed by atoms with Crippen LogP contribution in [0.4, 0.5) is 0 Å². The van der Waals surface area contributed by atoms with Gasteiger partial charge < -0.3 is 9.47 Å². The normalized spacial score (nSPS) is 10.3. The zero-order chi connectivity index (χ0) is 13.5. The van der Waals surface area contributed by atoms with Gasteiger partial charge in [-0.3, -0.25) is 0 Å². The highest BCUT2D eigenvalue weighted by atomic mass is 16.5. The van der Waals surface area contributed by atoms with Crippen molar-refractivity contribution < 1.29 is 9.47 Å². The van der Waals surface area contributed by atoms with Gasteiger partial charge in [0.2, 0.25) is 0 Å². The van der Waals surface area contributed by atoms with Crippen molar-refractivity contribution in [3.05, 3.63) is 46.9 Å². The molecule has 0 unspecified atom stereocenters. The van der Waals surface area contributed by atoms with E-state index < -0.39 is 0 Å². The molecule has 96 valence electrons. The summed E-state index contributed by atoms with van der Waals surface area (Å²) in [5.41, 5.74) is 0. The van der Waals surface area contributed by atoms with Crippen molar-refractivity contribution in [2.75, 3.05) is 28.4 Å². The Labute approximate surface area is 105 Å². The van der Waals surface area contributed by atoms with Gasteiger partial charge in [0.05, 0.1) is 0 Å². The van der Waals surface area contributed by atoms with Crippen LogP contribution in [0.5, 0.6) is 0 Å². The minimum Gasteiger partial charge on any atom is -0.388 e. The standard InChI is InChI=1S/C11H12.2C2H6O/c1-3-4-8-11-9-6-5-7-10(11)2;2*1-3-2/h3-9H,2H2,1H3;2*1-2H3/b4-3-,11-8-;;. The Balaban J connectivity index is 0. The van der Waals surface area contributed by atoms with Crippen LogP contribution in [0.15, 0.2) is 36.4 Å². The third-order valence-corrected chi connectivity index (χ3v) is 1.52. The van der Waals surface area contributed by atoms with Gasteiger partial charge in [-0.25, -0.2) is 0 Å². The first-order chi connectivity index (χ1) is 8.17. The summed E-state index contributed by atoms with van der Waals surface area (Å²) in [7, 11) is 6.50. The molecule has 17 heavy (non-hydrogen) atoms. The maximum atomic E-state index is 4.25. The lowest BCUT2D eigenvalue weighted by molar-refractivity contribution is 0.277. The highest BCUT2D eigenvalue weighted by Crippen LogP contribution is 1.73. The SMILES string of the molecule is C=c1cccc/c1=C/C=C\C.COC.COC. The third-order valence-electron chi connectivity index (χ3n) is 1.52. The molecule has 0 aliphatic carbocycles. The number of ether oxygens (including phenoxy) is 2.